The number of fused-ring (bicyclic) bond motifs is 1. The van der Waals surface area contributed by atoms with Gasteiger partial charge in [-0.15, -0.1) is 0 Å². The van der Waals surface area contributed by atoms with Crippen LogP contribution in [0.2, 0.25) is 0 Å². The SMILES string of the molecule is C[C@H](NC1CCN(CCC(F)(F)F)CC1)c1ccc2c(c1)OCO2. The highest BCUT2D eigenvalue weighted by Crippen LogP contribution is 2.34. The average Bonchev–Trinajstić information content (AvgIpc) is 3.01. The normalized spacial score (nSPS) is 20.3. The Hall–Kier alpha value is -1.47. The third-order valence-corrected chi connectivity index (χ3v) is 4.68. The van der Waals surface area contributed by atoms with E-state index in [9.17, 15) is 13.2 Å². The Bertz CT molecular complexity index is 557. The highest BCUT2D eigenvalue weighted by Gasteiger charge is 2.29. The molecule has 0 bridgehead atoms. The molecule has 0 aliphatic carbocycles. The monoisotopic (exact) mass is 344 g/mol. The number of alkyl halides is 3. The number of nitrogens with zero attached hydrogens (tertiary/aromatic N) is 1. The van der Waals surface area contributed by atoms with Crippen LogP contribution in [0.5, 0.6) is 11.5 Å². The number of nitrogens with one attached hydrogen (secondary N) is 1. The summed E-state index contributed by atoms with van der Waals surface area (Å²) in [5.74, 6) is 1.53. The minimum Gasteiger partial charge on any atom is -0.454 e. The number of piperidine rings is 1. The molecular weight excluding hydrogens is 321 g/mol. The van der Waals surface area contributed by atoms with Gasteiger partial charge in [0, 0.05) is 18.6 Å². The summed E-state index contributed by atoms with van der Waals surface area (Å²) in [5.41, 5.74) is 1.12. The van der Waals surface area contributed by atoms with E-state index in [1.807, 2.05) is 23.1 Å². The molecule has 0 amide bonds. The van der Waals surface area contributed by atoms with Gasteiger partial charge in [0.2, 0.25) is 6.79 Å². The van der Waals surface area contributed by atoms with Crippen molar-refractivity contribution in [2.24, 2.45) is 0 Å². The van der Waals surface area contributed by atoms with Crippen molar-refractivity contribution in [3.05, 3.63) is 23.8 Å². The van der Waals surface area contributed by atoms with E-state index in [-0.39, 0.29) is 19.4 Å². The Labute approximate surface area is 139 Å². The van der Waals surface area contributed by atoms with Crippen molar-refractivity contribution in [1.29, 1.82) is 0 Å². The summed E-state index contributed by atoms with van der Waals surface area (Å²) < 4.78 is 47.6. The van der Waals surface area contributed by atoms with Crippen LogP contribution in [0.4, 0.5) is 13.2 Å². The molecule has 1 saturated heterocycles. The molecular formula is C17H23F3N2O2. The largest absolute Gasteiger partial charge is 0.454 e. The molecule has 1 fully saturated rings. The summed E-state index contributed by atoms with van der Waals surface area (Å²) in [4.78, 5) is 1.90. The number of halogens is 3. The van der Waals surface area contributed by atoms with Gasteiger partial charge in [-0.25, -0.2) is 0 Å². The molecule has 24 heavy (non-hydrogen) atoms. The number of ether oxygens (including phenoxy) is 2. The number of likely N-dealkylation sites (tertiary alicyclic amines) is 1. The van der Waals surface area contributed by atoms with E-state index >= 15 is 0 Å². The van der Waals surface area contributed by atoms with Gasteiger partial charge >= 0.3 is 6.18 Å². The van der Waals surface area contributed by atoms with Crippen molar-refractivity contribution in [2.45, 2.75) is 44.4 Å². The van der Waals surface area contributed by atoms with Crippen LogP contribution in [0.15, 0.2) is 18.2 Å². The molecule has 2 aliphatic heterocycles. The van der Waals surface area contributed by atoms with Gasteiger partial charge in [0.15, 0.2) is 11.5 Å². The van der Waals surface area contributed by atoms with E-state index in [0.717, 1.165) is 29.9 Å². The maximum atomic E-state index is 12.3. The molecule has 0 saturated carbocycles. The molecule has 1 aromatic rings. The Kier molecular flexibility index (Phi) is 5.20. The fourth-order valence-electron chi connectivity index (χ4n) is 3.24. The first-order valence-electron chi connectivity index (χ1n) is 8.35. The van der Waals surface area contributed by atoms with Gasteiger partial charge in [0.05, 0.1) is 6.42 Å². The molecule has 1 aromatic carbocycles. The van der Waals surface area contributed by atoms with Crippen molar-refractivity contribution in [3.63, 3.8) is 0 Å². The molecule has 2 heterocycles. The first kappa shape index (κ1) is 17.4. The van der Waals surface area contributed by atoms with Crippen LogP contribution in [0, 0.1) is 0 Å². The van der Waals surface area contributed by atoms with Crippen LogP contribution in [-0.4, -0.2) is 43.5 Å². The minimum absolute atomic E-state index is 0.105. The van der Waals surface area contributed by atoms with Crippen molar-refractivity contribution in [3.8, 4) is 11.5 Å². The van der Waals surface area contributed by atoms with Crippen molar-refractivity contribution in [2.75, 3.05) is 26.4 Å². The van der Waals surface area contributed by atoms with E-state index in [1.54, 1.807) is 0 Å². The molecule has 7 heteroatoms. The average molecular weight is 344 g/mol. The molecule has 0 spiro atoms. The molecule has 0 aromatic heterocycles. The fourth-order valence-corrected chi connectivity index (χ4v) is 3.24. The molecule has 134 valence electrons. The Balaban J connectivity index is 1.46. The lowest BCUT2D eigenvalue weighted by molar-refractivity contribution is -0.138. The van der Waals surface area contributed by atoms with E-state index in [2.05, 4.69) is 12.2 Å². The van der Waals surface area contributed by atoms with Crippen molar-refractivity contribution < 1.29 is 22.6 Å². The lowest BCUT2D eigenvalue weighted by atomic mass is 10.0. The molecule has 1 atom stereocenters. The Morgan fingerprint density at radius 2 is 1.92 bits per heavy atom. The van der Waals surface area contributed by atoms with Gasteiger partial charge in [0.1, 0.15) is 0 Å². The summed E-state index contributed by atoms with van der Waals surface area (Å²) in [6.45, 7) is 3.88. The molecule has 3 rings (SSSR count). The lowest BCUT2D eigenvalue weighted by Gasteiger charge is -2.34. The molecule has 2 aliphatic rings. The maximum absolute atomic E-state index is 12.3. The number of hydrogen-bond acceptors (Lipinski definition) is 4. The highest BCUT2D eigenvalue weighted by molar-refractivity contribution is 5.45. The predicted octanol–water partition coefficient (Wildman–Crippen LogP) is 3.48. The molecule has 1 N–H and O–H groups in total. The van der Waals surface area contributed by atoms with E-state index in [0.29, 0.717) is 19.1 Å². The smallest absolute Gasteiger partial charge is 0.390 e. The quantitative estimate of drug-likeness (QED) is 0.887. The summed E-state index contributed by atoms with van der Waals surface area (Å²) in [6, 6.07) is 6.40. The van der Waals surface area contributed by atoms with Crippen LogP contribution < -0.4 is 14.8 Å². The molecule has 0 unspecified atom stereocenters. The summed E-state index contributed by atoms with van der Waals surface area (Å²) in [5, 5.41) is 3.57. The zero-order valence-electron chi connectivity index (χ0n) is 13.7. The van der Waals surface area contributed by atoms with Gasteiger partial charge < -0.3 is 19.7 Å². The van der Waals surface area contributed by atoms with Crippen LogP contribution in [0.1, 0.15) is 37.8 Å². The first-order chi connectivity index (χ1) is 11.4. The zero-order valence-corrected chi connectivity index (χ0v) is 13.7. The van der Waals surface area contributed by atoms with Crippen LogP contribution in [-0.2, 0) is 0 Å². The number of hydrogen-bond donors (Lipinski definition) is 1. The van der Waals surface area contributed by atoms with Crippen LogP contribution >= 0.6 is 0 Å². The Morgan fingerprint density at radius 3 is 2.62 bits per heavy atom. The van der Waals surface area contributed by atoms with Gasteiger partial charge in [-0.2, -0.15) is 13.2 Å². The van der Waals surface area contributed by atoms with Gasteiger partial charge in [-0.3, -0.25) is 0 Å². The second kappa shape index (κ2) is 7.19. The number of benzene rings is 1. The Morgan fingerprint density at radius 1 is 1.21 bits per heavy atom. The third kappa shape index (κ3) is 4.54. The first-order valence-corrected chi connectivity index (χ1v) is 8.35. The highest BCUT2D eigenvalue weighted by atomic mass is 19.4. The van der Waals surface area contributed by atoms with Gasteiger partial charge in [0.25, 0.3) is 0 Å². The van der Waals surface area contributed by atoms with Crippen molar-refractivity contribution in [1.82, 2.24) is 10.2 Å². The summed E-state index contributed by atoms with van der Waals surface area (Å²) in [6.07, 6.45) is -3.05. The standard InChI is InChI=1S/C17H23F3N2O2/c1-12(13-2-3-15-16(10-13)24-11-23-15)21-14-4-7-22(8-5-14)9-6-17(18,19)20/h2-3,10,12,14,21H,4-9,11H2,1H3/t12-/m0/s1. The third-order valence-electron chi connectivity index (χ3n) is 4.68. The topological polar surface area (TPSA) is 33.7 Å². The van der Waals surface area contributed by atoms with Crippen LogP contribution in [0.25, 0.3) is 0 Å². The lowest BCUT2D eigenvalue weighted by Crippen LogP contribution is -2.44. The summed E-state index contributed by atoms with van der Waals surface area (Å²) in [7, 11) is 0. The molecule has 0 radical (unpaired) electrons. The minimum atomic E-state index is -4.07. The maximum Gasteiger partial charge on any atom is 0.390 e. The zero-order chi connectivity index (χ0) is 17.2. The van der Waals surface area contributed by atoms with Crippen molar-refractivity contribution >= 4 is 0 Å². The summed E-state index contributed by atoms with van der Waals surface area (Å²) >= 11 is 0. The van der Waals surface area contributed by atoms with E-state index in [4.69, 9.17) is 9.47 Å². The second-order valence-corrected chi connectivity index (χ2v) is 6.48. The second-order valence-electron chi connectivity index (χ2n) is 6.48. The van der Waals surface area contributed by atoms with E-state index < -0.39 is 12.6 Å². The van der Waals surface area contributed by atoms with E-state index in [1.165, 1.54) is 0 Å². The van der Waals surface area contributed by atoms with Crippen LogP contribution in [0.3, 0.4) is 0 Å². The van der Waals surface area contributed by atoms with Gasteiger partial charge in [-0.1, -0.05) is 6.07 Å². The fraction of sp³-hybridized carbons (Fsp3) is 0.647. The number of rotatable bonds is 5. The van der Waals surface area contributed by atoms with Gasteiger partial charge in [-0.05, 0) is 50.6 Å². The molecule has 4 nitrogen and oxygen atoms in total. The predicted molar refractivity (Wildman–Crippen MR) is 84.2 cm³/mol.